The lowest BCUT2D eigenvalue weighted by Crippen LogP contribution is -2.18. The monoisotopic (exact) mass is 222 g/mol. The van der Waals surface area contributed by atoms with Crippen LogP contribution in [-0.2, 0) is 9.53 Å². The van der Waals surface area contributed by atoms with Crippen molar-refractivity contribution in [1.29, 1.82) is 0 Å². The van der Waals surface area contributed by atoms with Crippen LogP contribution in [0.2, 0.25) is 0 Å². The summed E-state index contributed by atoms with van der Waals surface area (Å²) in [4.78, 5) is 10.9. The molecular weight excluding hydrogens is 204 g/mol. The zero-order chi connectivity index (χ0) is 10.8. The Bertz CT molecular complexity index is 152. The van der Waals surface area contributed by atoms with Gasteiger partial charge >= 0.3 is 5.97 Å². The summed E-state index contributed by atoms with van der Waals surface area (Å²) < 4.78 is 4.69. The molecule has 0 spiro atoms. The van der Waals surface area contributed by atoms with Crippen LogP contribution < -0.4 is 0 Å². The van der Waals surface area contributed by atoms with Crippen molar-refractivity contribution in [3.8, 4) is 0 Å². The molecule has 0 fully saturated rings. The number of ether oxygens (including phenoxy) is 1. The molecule has 0 bridgehead atoms. The van der Waals surface area contributed by atoms with Crippen LogP contribution in [0.3, 0.4) is 0 Å². The zero-order valence-corrected chi connectivity index (χ0v) is 9.26. The number of aliphatic hydroxyl groups is 2. The molecule has 0 aliphatic heterocycles. The smallest absolute Gasteiger partial charge is 0.308 e. The molecule has 0 radical (unpaired) electrons. The number of rotatable bonds is 8. The Balaban J connectivity index is 3.35. The minimum Gasteiger partial charge on any atom is -0.466 e. The second-order valence-corrected chi connectivity index (χ2v) is 3.96. The highest BCUT2D eigenvalue weighted by atomic mass is 32.2. The van der Waals surface area contributed by atoms with E-state index in [4.69, 9.17) is 9.84 Å². The molecule has 5 heteroatoms. The summed E-state index contributed by atoms with van der Waals surface area (Å²) in [6.07, 6.45) is 0.134. The third-order valence-electron chi connectivity index (χ3n) is 1.46. The van der Waals surface area contributed by atoms with Gasteiger partial charge in [0.15, 0.2) is 0 Å². The second-order valence-electron chi connectivity index (χ2n) is 2.82. The molecule has 0 saturated carbocycles. The van der Waals surface area contributed by atoms with E-state index in [0.717, 1.165) is 12.2 Å². The van der Waals surface area contributed by atoms with Gasteiger partial charge in [-0.3, -0.25) is 4.79 Å². The lowest BCUT2D eigenvalue weighted by atomic mass is 10.3. The predicted octanol–water partition coefficient (Wildman–Crippen LogP) is 0.416. The number of hydrogen-bond acceptors (Lipinski definition) is 5. The van der Waals surface area contributed by atoms with Crippen LogP contribution in [0.1, 0.15) is 19.8 Å². The van der Waals surface area contributed by atoms with Crippen molar-refractivity contribution >= 4 is 17.7 Å². The van der Waals surface area contributed by atoms with Crippen molar-refractivity contribution < 1.29 is 19.7 Å². The molecule has 1 unspecified atom stereocenters. The van der Waals surface area contributed by atoms with Gasteiger partial charge in [-0.15, -0.1) is 0 Å². The number of thioether (sulfide) groups is 1. The van der Waals surface area contributed by atoms with Gasteiger partial charge in [-0.25, -0.2) is 0 Å². The average Bonchev–Trinajstić information content (AvgIpc) is 2.13. The number of carbonyl (C=O) groups is 1. The van der Waals surface area contributed by atoms with E-state index in [-0.39, 0.29) is 19.0 Å². The summed E-state index contributed by atoms with van der Waals surface area (Å²) in [5, 5.41) is 17.9. The molecule has 2 N–H and O–H groups in total. The first-order chi connectivity index (χ1) is 6.70. The Morgan fingerprint density at radius 1 is 1.57 bits per heavy atom. The van der Waals surface area contributed by atoms with Crippen molar-refractivity contribution in [3.05, 3.63) is 0 Å². The molecule has 0 heterocycles. The van der Waals surface area contributed by atoms with Crippen LogP contribution in [0, 0.1) is 0 Å². The van der Waals surface area contributed by atoms with Gasteiger partial charge in [0, 0.05) is 12.4 Å². The van der Waals surface area contributed by atoms with E-state index >= 15 is 0 Å². The fourth-order valence-corrected chi connectivity index (χ4v) is 1.75. The van der Waals surface area contributed by atoms with Crippen LogP contribution in [0.25, 0.3) is 0 Å². The molecule has 0 aromatic heterocycles. The minimum absolute atomic E-state index is 0.0555. The molecule has 0 aromatic rings. The molecule has 84 valence electrons. The third kappa shape index (κ3) is 8.34. The normalized spacial score (nSPS) is 12.5. The average molecular weight is 222 g/mol. The summed E-state index contributed by atoms with van der Waals surface area (Å²) >= 11 is 1.53. The molecule has 0 aliphatic rings. The minimum atomic E-state index is -0.641. The first-order valence-corrected chi connectivity index (χ1v) is 5.88. The molecule has 0 aliphatic carbocycles. The molecular formula is C9H18O4S. The first kappa shape index (κ1) is 13.7. The fourth-order valence-electron chi connectivity index (χ4n) is 0.857. The van der Waals surface area contributed by atoms with Gasteiger partial charge in [-0.1, -0.05) is 0 Å². The topological polar surface area (TPSA) is 66.8 Å². The van der Waals surface area contributed by atoms with Crippen LogP contribution in [-0.4, -0.2) is 47.0 Å². The number of hydrogen-bond donors (Lipinski definition) is 2. The van der Waals surface area contributed by atoms with Crippen molar-refractivity contribution in [2.45, 2.75) is 25.9 Å². The van der Waals surface area contributed by atoms with Gasteiger partial charge in [-0.05, 0) is 19.1 Å². The van der Waals surface area contributed by atoms with Crippen molar-refractivity contribution in [3.63, 3.8) is 0 Å². The maximum Gasteiger partial charge on any atom is 0.308 e. The molecule has 1 atom stereocenters. The van der Waals surface area contributed by atoms with E-state index in [1.54, 1.807) is 6.92 Å². The first-order valence-electron chi connectivity index (χ1n) is 4.73. The van der Waals surface area contributed by atoms with Gasteiger partial charge in [0.1, 0.15) is 0 Å². The lowest BCUT2D eigenvalue weighted by molar-refractivity contribution is -0.144. The summed E-state index contributed by atoms with van der Waals surface area (Å²) in [6, 6.07) is 0. The highest BCUT2D eigenvalue weighted by Gasteiger charge is 2.10. The fraction of sp³-hybridized carbons (Fsp3) is 0.889. The SMILES string of the molecule is CCOC(=O)CC(O)CSCCCO. The van der Waals surface area contributed by atoms with Crippen molar-refractivity contribution in [1.82, 2.24) is 0 Å². The Labute approximate surface area is 88.6 Å². The van der Waals surface area contributed by atoms with Gasteiger partial charge < -0.3 is 14.9 Å². The van der Waals surface area contributed by atoms with E-state index < -0.39 is 6.10 Å². The van der Waals surface area contributed by atoms with Gasteiger partial charge in [-0.2, -0.15) is 11.8 Å². The van der Waals surface area contributed by atoms with Crippen LogP contribution >= 0.6 is 11.8 Å². The number of carbonyl (C=O) groups excluding carboxylic acids is 1. The highest BCUT2D eigenvalue weighted by molar-refractivity contribution is 7.99. The largest absolute Gasteiger partial charge is 0.466 e. The van der Waals surface area contributed by atoms with Gasteiger partial charge in [0.25, 0.3) is 0 Å². The Morgan fingerprint density at radius 2 is 2.29 bits per heavy atom. The second kappa shape index (κ2) is 9.30. The Morgan fingerprint density at radius 3 is 2.86 bits per heavy atom. The highest BCUT2D eigenvalue weighted by Crippen LogP contribution is 2.07. The summed E-state index contributed by atoms with van der Waals surface area (Å²) in [5.41, 5.74) is 0. The van der Waals surface area contributed by atoms with Crippen molar-refractivity contribution in [2.24, 2.45) is 0 Å². The summed E-state index contributed by atoms with van der Waals surface area (Å²) in [5.74, 6) is 0.956. The quantitative estimate of drug-likeness (QED) is 0.460. The maximum atomic E-state index is 10.9. The lowest BCUT2D eigenvalue weighted by Gasteiger charge is -2.08. The number of esters is 1. The molecule has 0 aromatic carbocycles. The van der Waals surface area contributed by atoms with E-state index in [1.165, 1.54) is 11.8 Å². The van der Waals surface area contributed by atoms with Gasteiger partial charge in [0.05, 0.1) is 19.1 Å². The molecule has 0 rings (SSSR count). The maximum absolute atomic E-state index is 10.9. The molecule has 0 saturated heterocycles. The van der Waals surface area contributed by atoms with Gasteiger partial charge in [0.2, 0.25) is 0 Å². The summed E-state index contributed by atoms with van der Waals surface area (Å²) in [7, 11) is 0. The molecule has 14 heavy (non-hydrogen) atoms. The predicted molar refractivity (Wildman–Crippen MR) is 56.3 cm³/mol. The van der Waals surface area contributed by atoms with Crippen LogP contribution in [0.15, 0.2) is 0 Å². The van der Waals surface area contributed by atoms with E-state index in [1.807, 2.05) is 0 Å². The van der Waals surface area contributed by atoms with Crippen molar-refractivity contribution in [2.75, 3.05) is 24.7 Å². The van der Waals surface area contributed by atoms with E-state index in [0.29, 0.717) is 12.4 Å². The Hall–Kier alpha value is -0.260. The van der Waals surface area contributed by atoms with Crippen LogP contribution in [0.5, 0.6) is 0 Å². The zero-order valence-electron chi connectivity index (χ0n) is 8.44. The van der Waals surface area contributed by atoms with E-state index in [2.05, 4.69) is 0 Å². The summed E-state index contributed by atoms with van der Waals surface area (Å²) in [6.45, 7) is 2.25. The molecule has 0 amide bonds. The molecule has 4 nitrogen and oxygen atoms in total. The standard InChI is InChI=1S/C9H18O4S/c1-2-13-9(12)6-8(11)7-14-5-3-4-10/h8,10-11H,2-7H2,1H3. The number of aliphatic hydroxyl groups excluding tert-OH is 2. The van der Waals surface area contributed by atoms with Crippen LogP contribution in [0.4, 0.5) is 0 Å². The van der Waals surface area contributed by atoms with E-state index in [9.17, 15) is 9.90 Å². The third-order valence-corrected chi connectivity index (χ3v) is 2.66. The Kier molecular flexibility index (Phi) is 9.13.